The maximum atomic E-state index is 12.5. The van der Waals surface area contributed by atoms with E-state index in [4.69, 9.17) is 9.26 Å². The van der Waals surface area contributed by atoms with Crippen LogP contribution in [0, 0.1) is 0 Å². The predicted octanol–water partition coefficient (Wildman–Crippen LogP) is 4.17. The van der Waals surface area contributed by atoms with Crippen molar-refractivity contribution in [1.29, 1.82) is 0 Å². The molecule has 0 aliphatic heterocycles. The van der Waals surface area contributed by atoms with Gasteiger partial charge in [-0.25, -0.2) is 0 Å². The van der Waals surface area contributed by atoms with E-state index in [-0.39, 0.29) is 17.3 Å². The molecule has 2 atom stereocenters. The fourth-order valence-corrected chi connectivity index (χ4v) is 2.24. The lowest BCUT2D eigenvalue weighted by Crippen LogP contribution is -2.18. The quantitative estimate of drug-likeness (QED) is 0.775. The van der Waals surface area contributed by atoms with Crippen molar-refractivity contribution in [3.8, 4) is 0 Å². The van der Waals surface area contributed by atoms with Crippen molar-refractivity contribution >= 4 is 5.97 Å². The third kappa shape index (κ3) is 4.18. The van der Waals surface area contributed by atoms with Crippen LogP contribution in [0.25, 0.3) is 0 Å². The van der Waals surface area contributed by atoms with Gasteiger partial charge in [0.1, 0.15) is 0 Å². The highest BCUT2D eigenvalue weighted by molar-refractivity contribution is 5.78. The van der Waals surface area contributed by atoms with E-state index in [9.17, 15) is 4.79 Å². The van der Waals surface area contributed by atoms with E-state index in [1.54, 1.807) is 6.92 Å². The molecule has 0 bridgehead atoms. The second-order valence-corrected chi connectivity index (χ2v) is 6.66. The second-order valence-electron chi connectivity index (χ2n) is 6.66. The van der Waals surface area contributed by atoms with Crippen LogP contribution in [0.2, 0.25) is 0 Å². The van der Waals surface area contributed by atoms with Gasteiger partial charge in [-0.1, -0.05) is 63.2 Å². The van der Waals surface area contributed by atoms with Gasteiger partial charge in [-0.15, -0.1) is 0 Å². The normalized spacial score (nSPS) is 14.3. The first-order valence-corrected chi connectivity index (χ1v) is 7.92. The monoisotopic (exact) mass is 316 g/mol. The van der Waals surface area contributed by atoms with Gasteiger partial charge in [-0.3, -0.25) is 4.79 Å². The summed E-state index contributed by atoms with van der Waals surface area (Å²) in [6, 6.07) is 9.64. The van der Waals surface area contributed by atoms with Crippen LogP contribution < -0.4 is 0 Å². The SMILES string of the molecule is CCC(C(=O)OC(C)c1nc(C(C)(C)C)no1)c1ccccc1. The number of nitrogens with zero attached hydrogens (tertiary/aromatic N) is 2. The molecule has 1 aromatic heterocycles. The lowest BCUT2D eigenvalue weighted by molar-refractivity contribution is -0.151. The molecule has 2 unspecified atom stereocenters. The molecule has 0 radical (unpaired) electrons. The summed E-state index contributed by atoms with van der Waals surface area (Å²) in [6.07, 6.45) is 0.107. The van der Waals surface area contributed by atoms with Crippen molar-refractivity contribution in [1.82, 2.24) is 10.1 Å². The van der Waals surface area contributed by atoms with Crippen molar-refractivity contribution in [2.24, 2.45) is 0 Å². The molecule has 2 rings (SSSR count). The lowest BCUT2D eigenvalue weighted by Gasteiger charge is -2.17. The van der Waals surface area contributed by atoms with Crippen molar-refractivity contribution in [3.63, 3.8) is 0 Å². The average Bonchev–Trinajstić information content (AvgIpc) is 2.99. The van der Waals surface area contributed by atoms with Crippen LogP contribution >= 0.6 is 0 Å². The largest absolute Gasteiger partial charge is 0.452 e. The molecule has 1 aromatic carbocycles. The molecular weight excluding hydrogens is 292 g/mol. The predicted molar refractivity (Wildman–Crippen MR) is 87.0 cm³/mol. The van der Waals surface area contributed by atoms with Crippen LogP contribution in [0.15, 0.2) is 34.9 Å². The van der Waals surface area contributed by atoms with Gasteiger partial charge in [0, 0.05) is 5.41 Å². The van der Waals surface area contributed by atoms with Gasteiger partial charge in [0.2, 0.25) is 0 Å². The third-order valence-corrected chi connectivity index (χ3v) is 3.65. The zero-order valence-electron chi connectivity index (χ0n) is 14.4. The van der Waals surface area contributed by atoms with Crippen molar-refractivity contribution in [2.75, 3.05) is 0 Å². The fourth-order valence-electron chi connectivity index (χ4n) is 2.24. The van der Waals surface area contributed by atoms with Crippen LogP contribution in [0.3, 0.4) is 0 Å². The molecular formula is C18H24N2O3. The summed E-state index contributed by atoms with van der Waals surface area (Å²) in [5.41, 5.74) is 0.745. The minimum absolute atomic E-state index is 0.207. The first kappa shape index (κ1) is 17.2. The van der Waals surface area contributed by atoms with E-state index in [1.807, 2.05) is 58.0 Å². The minimum atomic E-state index is -0.566. The Labute approximate surface area is 137 Å². The molecule has 5 heteroatoms. The van der Waals surface area contributed by atoms with Gasteiger partial charge in [0.05, 0.1) is 5.92 Å². The lowest BCUT2D eigenvalue weighted by atomic mass is 9.96. The Balaban J connectivity index is 2.08. The number of rotatable bonds is 5. The summed E-state index contributed by atoms with van der Waals surface area (Å²) in [5, 5.41) is 3.96. The van der Waals surface area contributed by atoms with Crippen LogP contribution in [0.4, 0.5) is 0 Å². The summed E-state index contributed by atoms with van der Waals surface area (Å²) in [7, 11) is 0. The number of benzene rings is 1. The minimum Gasteiger partial charge on any atom is -0.452 e. The highest BCUT2D eigenvalue weighted by Crippen LogP contribution is 2.26. The number of hydrogen-bond donors (Lipinski definition) is 0. The molecule has 5 nitrogen and oxygen atoms in total. The zero-order valence-corrected chi connectivity index (χ0v) is 14.4. The number of hydrogen-bond acceptors (Lipinski definition) is 5. The van der Waals surface area contributed by atoms with E-state index in [0.29, 0.717) is 18.1 Å². The Morgan fingerprint density at radius 3 is 2.43 bits per heavy atom. The summed E-state index contributed by atoms with van der Waals surface area (Å²) >= 11 is 0. The fraction of sp³-hybridized carbons (Fsp3) is 0.500. The van der Waals surface area contributed by atoms with Crippen LogP contribution in [-0.2, 0) is 14.9 Å². The molecule has 0 amide bonds. The Morgan fingerprint density at radius 2 is 1.91 bits per heavy atom. The zero-order chi connectivity index (χ0) is 17.0. The smallest absolute Gasteiger partial charge is 0.314 e. The number of carbonyl (C=O) groups excluding carboxylic acids is 1. The highest BCUT2D eigenvalue weighted by atomic mass is 16.6. The van der Waals surface area contributed by atoms with Gasteiger partial charge in [-0.05, 0) is 18.9 Å². The highest BCUT2D eigenvalue weighted by Gasteiger charge is 2.27. The second kappa shape index (κ2) is 6.94. The number of esters is 1. The summed E-state index contributed by atoms with van der Waals surface area (Å²) in [4.78, 5) is 16.8. The number of carbonyl (C=O) groups is 1. The third-order valence-electron chi connectivity index (χ3n) is 3.65. The molecule has 2 aromatic rings. The molecule has 0 spiro atoms. The summed E-state index contributed by atoms with van der Waals surface area (Å²) in [6.45, 7) is 9.71. The Kier molecular flexibility index (Phi) is 5.19. The van der Waals surface area contributed by atoms with E-state index in [2.05, 4.69) is 10.1 Å². The molecule has 23 heavy (non-hydrogen) atoms. The Morgan fingerprint density at radius 1 is 1.26 bits per heavy atom. The Bertz CT molecular complexity index is 644. The standard InChI is InChI=1S/C18H24N2O3/c1-6-14(13-10-8-7-9-11-13)16(21)22-12(2)15-19-17(20-23-15)18(3,4)5/h7-12,14H,6H2,1-5H3. The number of aromatic nitrogens is 2. The summed E-state index contributed by atoms with van der Waals surface area (Å²) < 4.78 is 10.8. The molecule has 1 heterocycles. The number of ether oxygens (including phenoxy) is 1. The van der Waals surface area contributed by atoms with Gasteiger partial charge in [0.25, 0.3) is 5.89 Å². The molecule has 0 fully saturated rings. The molecule has 0 saturated heterocycles. The molecule has 0 N–H and O–H groups in total. The first-order chi connectivity index (χ1) is 10.8. The van der Waals surface area contributed by atoms with Crippen molar-refractivity contribution < 1.29 is 14.1 Å². The maximum absolute atomic E-state index is 12.5. The molecule has 0 aliphatic carbocycles. The van der Waals surface area contributed by atoms with Crippen LogP contribution in [-0.4, -0.2) is 16.1 Å². The van der Waals surface area contributed by atoms with Crippen molar-refractivity contribution in [3.05, 3.63) is 47.6 Å². The van der Waals surface area contributed by atoms with E-state index >= 15 is 0 Å². The van der Waals surface area contributed by atoms with Gasteiger partial charge < -0.3 is 9.26 Å². The van der Waals surface area contributed by atoms with Gasteiger partial charge in [-0.2, -0.15) is 4.98 Å². The molecule has 124 valence electrons. The van der Waals surface area contributed by atoms with Crippen LogP contribution in [0.5, 0.6) is 0 Å². The van der Waals surface area contributed by atoms with E-state index in [0.717, 1.165) is 5.56 Å². The average molecular weight is 316 g/mol. The molecule has 0 aliphatic rings. The molecule has 0 saturated carbocycles. The Hall–Kier alpha value is -2.17. The summed E-state index contributed by atoms with van der Waals surface area (Å²) in [5.74, 6) is 0.363. The first-order valence-electron chi connectivity index (χ1n) is 7.92. The van der Waals surface area contributed by atoms with Crippen molar-refractivity contribution in [2.45, 2.75) is 58.5 Å². The topological polar surface area (TPSA) is 65.2 Å². The van der Waals surface area contributed by atoms with Gasteiger partial charge >= 0.3 is 5.97 Å². The van der Waals surface area contributed by atoms with Crippen LogP contribution in [0.1, 0.15) is 70.3 Å². The van der Waals surface area contributed by atoms with E-state index in [1.165, 1.54) is 0 Å². The van der Waals surface area contributed by atoms with Gasteiger partial charge in [0.15, 0.2) is 11.9 Å². The maximum Gasteiger partial charge on any atom is 0.314 e. The van der Waals surface area contributed by atoms with E-state index < -0.39 is 6.10 Å².